The number of benzene rings is 1. The highest BCUT2D eigenvalue weighted by molar-refractivity contribution is 5.24. The van der Waals surface area contributed by atoms with Gasteiger partial charge in [0.1, 0.15) is 5.82 Å². The largest absolute Gasteiger partial charge is 0.385 e. The van der Waals surface area contributed by atoms with E-state index in [-0.39, 0.29) is 5.82 Å². The molecule has 1 aliphatic heterocycles. The van der Waals surface area contributed by atoms with Gasteiger partial charge in [-0.15, -0.1) is 0 Å². The first kappa shape index (κ1) is 16.7. The van der Waals surface area contributed by atoms with Gasteiger partial charge >= 0.3 is 0 Å². The molecule has 3 atom stereocenters. The van der Waals surface area contributed by atoms with Gasteiger partial charge in [0.05, 0.1) is 5.60 Å². The van der Waals surface area contributed by atoms with E-state index in [1.807, 2.05) is 12.4 Å². The Morgan fingerprint density at radius 2 is 1.84 bits per heavy atom. The zero-order valence-electron chi connectivity index (χ0n) is 14.4. The van der Waals surface area contributed by atoms with Crippen molar-refractivity contribution in [2.24, 2.45) is 11.8 Å². The highest BCUT2D eigenvalue weighted by atomic mass is 19.1. The van der Waals surface area contributed by atoms with Crippen LogP contribution in [0.5, 0.6) is 0 Å². The molecule has 2 heterocycles. The van der Waals surface area contributed by atoms with Crippen LogP contribution in [-0.4, -0.2) is 28.1 Å². The molecule has 2 fully saturated rings. The van der Waals surface area contributed by atoms with Gasteiger partial charge in [0.25, 0.3) is 0 Å². The Morgan fingerprint density at radius 3 is 2.60 bits per heavy atom. The summed E-state index contributed by atoms with van der Waals surface area (Å²) in [6, 6.07) is 10.6. The van der Waals surface area contributed by atoms with E-state index < -0.39 is 5.60 Å². The Hall–Kier alpha value is -1.78. The lowest BCUT2D eigenvalue weighted by Crippen LogP contribution is -2.46. The lowest BCUT2D eigenvalue weighted by atomic mass is 9.66. The fourth-order valence-corrected chi connectivity index (χ4v) is 4.62. The molecule has 1 N–H and O–H groups in total. The van der Waals surface area contributed by atoms with Crippen LogP contribution in [0.1, 0.15) is 36.8 Å². The summed E-state index contributed by atoms with van der Waals surface area (Å²) in [5, 5.41) is 11.1. The normalized spacial score (nSPS) is 30.0. The zero-order valence-corrected chi connectivity index (χ0v) is 14.4. The number of aliphatic hydroxyl groups is 1. The van der Waals surface area contributed by atoms with Crippen molar-refractivity contribution in [3.8, 4) is 0 Å². The second-order valence-corrected chi connectivity index (χ2v) is 7.68. The number of fused-ring (bicyclic) bond motifs is 1. The molecule has 25 heavy (non-hydrogen) atoms. The molecule has 1 saturated heterocycles. The third-order valence-corrected chi connectivity index (χ3v) is 6.04. The number of pyridine rings is 1. The molecule has 1 aromatic carbocycles. The van der Waals surface area contributed by atoms with Crippen LogP contribution in [0.3, 0.4) is 0 Å². The molecule has 1 saturated carbocycles. The molecule has 2 aliphatic rings. The van der Waals surface area contributed by atoms with E-state index >= 15 is 0 Å². The van der Waals surface area contributed by atoms with E-state index in [1.54, 1.807) is 12.1 Å². The minimum absolute atomic E-state index is 0.245. The maximum atomic E-state index is 13.2. The Kier molecular flexibility index (Phi) is 4.57. The predicted octanol–water partition coefficient (Wildman–Crippen LogP) is 3.73. The molecule has 4 heteroatoms. The van der Waals surface area contributed by atoms with Gasteiger partial charge in [-0.05, 0) is 79.5 Å². The van der Waals surface area contributed by atoms with Crippen molar-refractivity contribution < 1.29 is 9.50 Å². The lowest BCUT2D eigenvalue weighted by Gasteiger charge is -2.47. The molecule has 4 rings (SSSR count). The summed E-state index contributed by atoms with van der Waals surface area (Å²) in [7, 11) is 0. The van der Waals surface area contributed by atoms with Crippen molar-refractivity contribution in [3.63, 3.8) is 0 Å². The van der Waals surface area contributed by atoms with Gasteiger partial charge in [-0.1, -0.05) is 12.1 Å². The first-order valence-electron chi connectivity index (χ1n) is 9.22. The van der Waals surface area contributed by atoms with Crippen LogP contribution in [0.15, 0.2) is 48.8 Å². The standard InChI is InChI=1S/C21H25FN2O/c22-20-3-1-19(2-4-20)21(25)9-5-18-15-24(12-8-17(18)13-21)14-16-6-10-23-11-7-16/h1-4,6-7,10-11,17-18,25H,5,8-9,12-15H2/t17-,18-,21?/m1/s1. The summed E-state index contributed by atoms with van der Waals surface area (Å²) < 4.78 is 13.2. The Balaban J connectivity index is 1.40. The van der Waals surface area contributed by atoms with E-state index in [1.165, 1.54) is 17.7 Å². The average Bonchev–Trinajstić information content (AvgIpc) is 2.63. The maximum Gasteiger partial charge on any atom is 0.123 e. The Morgan fingerprint density at radius 1 is 1.08 bits per heavy atom. The van der Waals surface area contributed by atoms with E-state index in [0.29, 0.717) is 11.8 Å². The molecule has 0 radical (unpaired) electrons. The fraction of sp³-hybridized carbons (Fsp3) is 0.476. The third-order valence-electron chi connectivity index (χ3n) is 6.04. The summed E-state index contributed by atoms with van der Waals surface area (Å²) in [6.07, 6.45) is 7.43. The van der Waals surface area contributed by atoms with Crippen LogP contribution in [-0.2, 0) is 12.1 Å². The van der Waals surface area contributed by atoms with Crippen molar-refractivity contribution in [2.45, 2.75) is 37.8 Å². The Labute approximate surface area is 148 Å². The van der Waals surface area contributed by atoms with Crippen LogP contribution in [0.2, 0.25) is 0 Å². The summed E-state index contributed by atoms with van der Waals surface area (Å²) in [5.41, 5.74) is 1.39. The molecule has 1 aliphatic carbocycles. The van der Waals surface area contributed by atoms with Crippen molar-refractivity contribution in [2.75, 3.05) is 13.1 Å². The SMILES string of the molecule is OC1(c2ccc(F)cc2)CC[C@@H]2CN(Cc3ccncc3)CC[C@@H]2C1. The second-order valence-electron chi connectivity index (χ2n) is 7.68. The monoisotopic (exact) mass is 340 g/mol. The van der Waals surface area contributed by atoms with Gasteiger partial charge < -0.3 is 5.11 Å². The predicted molar refractivity (Wildman–Crippen MR) is 95.3 cm³/mol. The van der Waals surface area contributed by atoms with Crippen LogP contribution in [0.4, 0.5) is 4.39 Å². The lowest BCUT2D eigenvalue weighted by molar-refractivity contribution is -0.0616. The highest BCUT2D eigenvalue weighted by Gasteiger charge is 2.42. The van der Waals surface area contributed by atoms with Gasteiger partial charge in [0, 0.05) is 25.5 Å². The third kappa shape index (κ3) is 3.60. The van der Waals surface area contributed by atoms with Crippen molar-refractivity contribution in [3.05, 3.63) is 65.7 Å². The van der Waals surface area contributed by atoms with Crippen molar-refractivity contribution >= 4 is 0 Å². The number of likely N-dealkylation sites (tertiary alicyclic amines) is 1. The molecule has 1 aromatic heterocycles. The molecule has 0 spiro atoms. The first-order valence-corrected chi connectivity index (χ1v) is 9.22. The Bertz CT molecular complexity index is 706. The van der Waals surface area contributed by atoms with Gasteiger partial charge in [0.2, 0.25) is 0 Å². The minimum Gasteiger partial charge on any atom is -0.385 e. The summed E-state index contributed by atoms with van der Waals surface area (Å²) in [5.74, 6) is 0.958. The molecule has 132 valence electrons. The van der Waals surface area contributed by atoms with Gasteiger partial charge in [-0.3, -0.25) is 9.88 Å². The number of aromatic nitrogens is 1. The summed E-state index contributed by atoms with van der Waals surface area (Å²) >= 11 is 0. The number of hydrogen-bond acceptors (Lipinski definition) is 3. The number of piperidine rings is 1. The molecule has 3 nitrogen and oxygen atoms in total. The van der Waals surface area contributed by atoms with E-state index in [9.17, 15) is 9.50 Å². The van der Waals surface area contributed by atoms with Crippen LogP contribution in [0.25, 0.3) is 0 Å². The summed E-state index contributed by atoms with van der Waals surface area (Å²) in [6.45, 7) is 3.16. The second kappa shape index (κ2) is 6.85. The molecule has 2 aromatic rings. The van der Waals surface area contributed by atoms with E-state index in [0.717, 1.165) is 50.9 Å². The minimum atomic E-state index is -0.790. The van der Waals surface area contributed by atoms with Crippen molar-refractivity contribution in [1.29, 1.82) is 0 Å². The first-order chi connectivity index (χ1) is 12.1. The molecular weight excluding hydrogens is 315 g/mol. The number of rotatable bonds is 3. The fourth-order valence-electron chi connectivity index (χ4n) is 4.62. The average molecular weight is 340 g/mol. The van der Waals surface area contributed by atoms with Gasteiger partial charge in [-0.25, -0.2) is 4.39 Å². The number of halogens is 1. The zero-order chi connectivity index (χ0) is 17.3. The van der Waals surface area contributed by atoms with Crippen LogP contribution in [0, 0.1) is 17.7 Å². The molecule has 0 amide bonds. The van der Waals surface area contributed by atoms with Crippen LogP contribution < -0.4 is 0 Å². The topological polar surface area (TPSA) is 36.4 Å². The van der Waals surface area contributed by atoms with Gasteiger partial charge in [0.15, 0.2) is 0 Å². The molecular formula is C21H25FN2O. The number of hydrogen-bond donors (Lipinski definition) is 1. The van der Waals surface area contributed by atoms with Crippen molar-refractivity contribution in [1.82, 2.24) is 9.88 Å². The maximum absolute atomic E-state index is 13.2. The molecule has 0 bridgehead atoms. The molecule has 1 unspecified atom stereocenters. The highest BCUT2D eigenvalue weighted by Crippen LogP contribution is 2.46. The van der Waals surface area contributed by atoms with Crippen LogP contribution >= 0.6 is 0 Å². The summed E-state index contributed by atoms with van der Waals surface area (Å²) in [4.78, 5) is 6.61. The quantitative estimate of drug-likeness (QED) is 0.925. The smallest absolute Gasteiger partial charge is 0.123 e. The van der Waals surface area contributed by atoms with Gasteiger partial charge in [-0.2, -0.15) is 0 Å². The van der Waals surface area contributed by atoms with E-state index in [2.05, 4.69) is 22.0 Å². The van der Waals surface area contributed by atoms with E-state index in [4.69, 9.17) is 0 Å². The number of nitrogens with zero attached hydrogens (tertiary/aromatic N) is 2.